The Bertz CT molecular complexity index is 743. The fraction of sp³-hybridized carbons (Fsp3) is 0.286. The maximum absolute atomic E-state index is 13.3. The molecule has 0 atom stereocenters. The highest BCUT2D eigenvalue weighted by molar-refractivity contribution is 7.92. The third kappa shape index (κ3) is 3.06. The first-order valence-corrected chi connectivity index (χ1v) is 8.37. The van der Waals surface area contributed by atoms with Gasteiger partial charge in [0.1, 0.15) is 10.7 Å². The van der Waals surface area contributed by atoms with Crippen LogP contribution in [0.2, 0.25) is 0 Å². The lowest BCUT2D eigenvalue weighted by atomic mass is 10.3. The maximum Gasteiger partial charge on any atom is 0.265 e. The SMILES string of the molecule is CCN(c1cccc(F)c1)S(=O)(=O)c1cc(CCl)n(C)c1. The van der Waals surface area contributed by atoms with Crippen molar-refractivity contribution in [2.75, 3.05) is 10.8 Å². The average Bonchev–Trinajstić information content (AvgIpc) is 2.81. The smallest absolute Gasteiger partial charge is 0.265 e. The van der Waals surface area contributed by atoms with E-state index in [-0.39, 0.29) is 17.3 Å². The molecule has 0 N–H and O–H groups in total. The number of aryl methyl sites for hydroxylation is 1. The monoisotopic (exact) mass is 330 g/mol. The van der Waals surface area contributed by atoms with Gasteiger partial charge < -0.3 is 4.57 Å². The summed E-state index contributed by atoms with van der Waals surface area (Å²) in [5.74, 6) is -0.256. The van der Waals surface area contributed by atoms with Crippen LogP contribution in [0.15, 0.2) is 41.4 Å². The van der Waals surface area contributed by atoms with Crippen molar-refractivity contribution in [3.63, 3.8) is 0 Å². The van der Waals surface area contributed by atoms with E-state index in [0.29, 0.717) is 11.4 Å². The summed E-state index contributed by atoms with van der Waals surface area (Å²) in [6, 6.07) is 7.06. The van der Waals surface area contributed by atoms with Crippen molar-refractivity contribution in [1.29, 1.82) is 0 Å². The third-order valence-electron chi connectivity index (χ3n) is 3.19. The fourth-order valence-corrected chi connectivity index (χ4v) is 3.93. The molecule has 1 aromatic heterocycles. The fourth-order valence-electron chi connectivity index (χ4n) is 2.10. The minimum atomic E-state index is -3.75. The van der Waals surface area contributed by atoms with Gasteiger partial charge in [-0.2, -0.15) is 0 Å². The van der Waals surface area contributed by atoms with Crippen molar-refractivity contribution in [2.45, 2.75) is 17.7 Å². The topological polar surface area (TPSA) is 42.3 Å². The van der Waals surface area contributed by atoms with Gasteiger partial charge in [0.15, 0.2) is 0 Å². The van der Waals surface area contributed by atoms with E-state index in [1.807, 2.05) is 0 Å². The summed E-state index contributed by atoms with van der Waals surface area (Å²) in [4.78, 5) is 0.145. The van der Waals surface area contributed by atoms with Crippen LogP contribution in [-0.4, -0.2) is 19.5 Å². The van der Waals surface area contributed by atoms with E-state index in [2.05, 4.69) is 0 Å². The number of alkyl halides is 1. The number of rotatable bonds is 5. The molecule has 0 aliphatic heterocycles. The Kier molecular flexibility index (Phi) is 4.58. The van der Waals surface area contributed by atoms with Gasteiger partial charge in [0.05, 0.1) is 11.6 Å². The van der Waals surface area contributed by atoms with Crippen molar-refractivity contribution in [3.8, 4) is 0 Å². The van der Waals surface area contributed by atoms with Gasteiger partial charge in [-0.15, -0.1) is 11.6 Å². The summed E-state index contributed by atoms with van der Waals surface area (Å²) in [5.41, 5.74) is 0.999. The van der Waals surface area contributed by atoms with E-state index in [0.717, 1.165) is 0 Å². The van der Waals surface area contributed by atoms with Gasteiger partial charge in [-0.1, -0.05) is 6.07 Å². The van der Waals surface area contributed by atoms with Gasteiger partial charge in [0.2, 0.25) is 0 Å². The summed E-state index contributed by atoms with van der Waals surface area (Å²) in [6.45, 7) is 1.91. The van der Waals surface area contributed by atoms with Crippen LogP contribution in [0, 0.1) is 5.82 Å². The molecule has 21 heavy (non-hydrogen) atoms. The van der Waals surface area contributed by atoms with Crippen molar-refractivity contribution < 1.29 is 12.8 Å². The first kappa shape index (κ1) is 15.9. The number of aromatic nitrogens is 1. The molecule has 0 saturated heterocycles. The molecule has 0 spiro atoms. The lowest BCUT2D eigenvalue weighted by molar-refractivity contribution is 0.591. The molecule has 4 nitrogen and oxygen atoms in total. The summed E-state index contributed by atoms with van der Waals surface area (Å²) in [7, 11) is -2.01. The van der Waals surface area contributed by atoms with Gasteiger partial charge in [-0.3, -0.25) is 4.31 Å². The highest BCUT2D eigenvalue weighted by Gasteiger charge is 2.25. The molecule has 0 bridgehead atoms. The van der Waals surface area contributed by atoms with E-state index in [4.69, 9.17) is 11.6 Å². The lowest BCUT2D eigenvalue weighted by Gasteiger charge is -2.22. The molecule has 0 amide bonds. The summed E-state index contributed by atoms with van der Waals surface area (Å²) in [6.07, 6.45) is 1.51. The van der Waals surface area contributed by atoms with Crippen molar-refractivity contribution in [3.05, 3.63) is 48.0 Å². The molecule has 0 radical (unpaired) electrons. The number of anilines is 1. The Morgan fingerprint density at radius 1 is 1.33 bits per heavy atom. The molecular weight excluding hydrogens is 315 g/mol. The Morgan fingerprint density at radius 3 is 2.57 bits per heavy atom. The van der Waals surface area contributed by atoms with Crippen molar-refractivity contribution in [1.82, 2.24) is 4.57 Å². The summed E-state index contributed by atoms with van der Waals surface area (Å²) >= 11 is 5.77. The molecule has 114 valence electrons. The second-order valence-electron chi connectivity index (χ2n) is 4.56. The molecule has 7 heteroatoms. The first-order valence-electron chi connectivity index (χ1n) is 6.39. The molecule has 1 aromatic carbocycles. The molecule has 2 rings (SSSR count). The number of halogens is 2. The Balaban J connectivity index is 2.49. The molecule has 0 aliphatic rings. The van der Waals surface area contributed by atoms with Crippen LogP contribution >= 0.6 is 11.6 Å². The van der Waals surface area contributed by atoms with Crippen LogP contribution < -0.4 is 4.31 Å². The van der Waals surface area contributed by atoms with Crippen LogP contribution in [-0.2, 0) is 23.0 Å². The molecule has 1 heterocycles. The minimum absolute atomic E-state index is 0.145. The third-order valence-corrected chi connectivity index (χ3v) is 5.33. The number of benzene rings is 1. The van der Waals surface area contributed by atoms with Crippen LogP contribution in [0.3, 0.4) is 0 Å². The zero-order chi connectivity index (χ0) is 15.6. The predicted octanol–water partition coefficient (Wildman–Crippen LogP) is 3.12. The maximum atomic E-state index is 13.3. The minimum Gasteiger partial charge on any atom is -0.352 e. The Labute approximate surface area is 128 Å². The van der Waals surface area contributed by atoms with Crippen LogP contribution in [0.4, 0.5) is 10.1 Å². The number of sulfonamides is 1. The molecule has 0 fully saturated rings. The molecule has 0 aliphatic carbocycles. The van der Waals surface area contributed by atoms with Gasteiger partial charge in [0.25, 0.3) is 10.0 Å². The van der Waals surface area contributed by atoms with E-state index in [9.17, 15) is 12.8 Å². The Hall–Kier alpha value is -1.53. The van der Waals surface area contributed by atoms with Crippen LogP contribution in [0.25, 0.3) is 0 Å². The summed E-state index contributed by atoms with van der Waals surface area (Å²) in [5, 5.41) is 0. The van der Waals surface area contributed by atoms with Crippen molar-refractivity contribution >= 4 is 27.3 Å². The highest BCUT2D eigenvalue weighted by Crippen LogP contribution is 2.25. The number of hydrogen-bond donors (Lipinski definition) is 0. The Morgan fingerprint density at radius 2 is 2.05 bits per heavy atom. The first-order chi connectivity index (χ1) is 9.90. The molecule has 0 saturated carbocycles. The predicted molar refractivity (Wildman–Crippen MR) is 81.6 cm³/mol. The molecule has 0 unspecified atom stereocenters. The van der Waals surface area contributed by atoms with Crippen LogP contribution in [0.5, 0.6) is 0 Å². The van der Waals surface area contributed by atoms with E-state index in [1.54, 1.807) is 24.6 Å². The van der Waals surface area contributed by atoms with Gasteiger partial charge in [-0.25, -0.2) is 12.8 Å². The quantitative estimate of drug-likeness (QED) is 0.790. The lowest BCUT2D eigenvalue weighted by Crippen LogP contribution is -2.30. The normalized spacial score (nSPS) is 11.6. The van der Waals surface area contributed by atoms with Gasteiger partial charge >= 0.3 is 0 Å². The second kappa shape index (κ2) is 6.07. The highest BCUT2D eigenvalue weighted by atomic mass is 35.5. The van der Waals surface area contributed by atoms with Gasteiger partial charge in [0, 0.05) is 25.5 Å². The standard InChI is InChI=1S/C14H16ClFN2O2S/c1-3-18(12-6-4-5-11(16)7-12)21(19,20)14-8-13(9-15)17(2)10-14/h4-8,10H,3,9H2,1-2H3. The van der Waals surface area contributed by atoms with E-state index < -0.39 is 15.8 Å². The molecule has 2 aromatic rings. The number of nitrogens with zero attached hydrogens (tertiary/aromatic N) is 2. The van der Waals surface area contributed by atoms with Crippen LogP contribution in [0.1, 0.15) is 12.6 Å². The molecular formula is C14H16ClFN2O2S. The van der Waals surface area contributed by atoms with Gasteiger partial charge in [-0.05, 0) is 31.2 Å². The van der Waals surface area contributed by atoms with E-state index in [1.165, 1.54) is 34.8 Å². The second-order valence-corrected chi connectivity index (χ2v) is 6.69. The largest absolute Gasteiger partial charge is 0.352 e. The average molecular weight is 331 g/mol. The summed E-state index contributed by atoms with van der Waals surface area (Å²) < 4.78 is 41.6. The van der Waals surface area contributed by atoms with Crippen molar-refractivity contribution in [2.24, 2.45) is 7.05 Å². The zero-order valence-corrected chi connectivity index (χ0v) is 13.3. The van der Waals surface area contributed by atoms with E-state index >= 15 is 0 Å². The zero-order valence-electron chi connectivity index (χ0n) is 11.8. The number of hydrogen-bond acceptors (Lipinski definition) is 2.